The number of sulfonamides is 1. The molecule has 2 amide bonds. The molecule has 0 bridgehead atoms. The fraction of sp³-hybridized carbons (Fsp3) is 0.875. The Hall–Kier alpha value is -1.48. The van der Waals surface area contributed by atoms with Gasteiger partial charge in [-0.15, -0.1) is 0 Å². The van der Waals surface area contributed by atoms with Crippen LogP contribution in [0.15, 0.2) is 0 Å². The van der Waals surface area contributed by atoms with Crippen molar-refractivity contribution < 1.29 is 22.8 Å². The van der Waals surface area contributed by atoms with Crippen molar-refractivity contribution in [2.75, 3.05) is 12.3 Å². The summed E-state index contributed by atoms with van der Waals surface area (Å²) in [5.41, 5.74) is 0. The molecule has 33 heavy (non-hydrogen) atoms. The minimum atomic E-state index is -3.61. The zero-order chi connectivity index (χ0) is 24.1. The topological polar surface area (TPSA) is 121 Å². The van der Waals surface area contributed by atoms with Crippen LogP contribution < -0.4 is 15.4 Å². The lowest BCUT2D eigenvalue weighted by Gasteiger charge is -2.27. The van der Waals surface area contributed by atoms with Crippen molar-refractivity contribution in [3.63, 3.8) is 0 Å². The molecule has 3 N–H and O–H groups in total. The van der Waals surface area contributed by atoms with Gasteiger partial charge in [-0.1, -0.05) is 71.1 Å². The van der Waals surface area contributed by atoms with E-state index in [4.69, 9.17) is 0 Å². The van der Waals surface area contributed by atoms with Crippen LogP contribution in [-0.2, 0) is 24.4 Å². The molecule has 0 radical (unpaired) electrons. The Labute approximate surface area is 199 Å². The van der Waals surface area contributed by atoms with Crippen LogP contribution in [0, 0.1) is 11.8 Å². The van der Waals surface area contributed by atoms with Crippen LogP contribution in [-0.4, -0.2) is 50.9 Å². The second-order valence-electron chi connectivity index (χ2n) is 9.76. The van der Waals surface area contributed by atoms with E-state index in [0.717, 1.165) is 57.8 Å². The Kier molecular flexibility index (Phi) is 12.4. The quantitative estimate of drug-likeness (QED) is 0.229. The van der Waals surface area contributed by atoms with Crippen molar-refractivity contribution in [1.82, 2.24) is 15.4 Å². The summed E-state index contributed by atoms with van der Waals surface area (Å²) < 4.78 is 28.1. The molecule has 2 rings (SSSR count). The molecule has 9 heteroatoms. The lowest BCUT2D eigenvalue weighted by Crippen LogP contribution is -2.51. The van der Waals surface area contributed by atoms with Gasteiger partial charge in [0, 0.05) is 12.5 Å². The van der Waals surface area contributed by atoms with Crippen LogP contribution in [0.2, 0.25) is 0 Å². The van der Waals surface area contributed by atoms with Crippen LogP contribution in [0.3, 0.4) is 0 Å². The highest BCUT2D eigenvalue weighted by atomic mass is 32.2. The summed E-state index contributed by atoms with van der Waals surface area (Å²) >= 11 is 0. The first kappa shape index (κ1) is 27.8. The van der Waals surface area contributed by atoms with Crippen molar-refractivity contribution in [2.45, 2.75) is 109 Å². The summed E-state index contributed by atoms with van der Waals surface area (Å²) in [7, 11) is -3.61. The van der Waals surface area contributed by atoms with Gasteiger partial charge in [0.05, 0.1) is 11.8 Å². The summed E-state index contributed by atoms with van der Waals surface area (Å²) in [6, 6.07) is -1.69. The molecule has 2 fully saturated rings. The molecule has 0 aromatic rings. The highest BCUT2D eigenvalue weighted by molar-refractivity contribution is 7.89. The van der Waals surface area contributed by atoms with Gasteiger partial charge < -0.3 is 15.4 Å². The van der Waals surface area contributed by atoms with Gasteiger partial charge in [0.25, 0.3) is 0 Å². The Balaban J connectivity index is 1.95. The number of nitrogens with one attached hydrogen (secondary N) is 3. The van der Waals surface area contributed by atoms with Gasteiger partial charge >= 0.3 is 0 Å². The van der Waals surface area contributed by atoms with Crippen molar-refractivity contribution in [1.29, 1.82) is 0 Å². The van der Waals surface area contributed by atoms with E-state index in [1.807, 2.05) is 0 Å². The molecule has 0 aromatic heterocycles. The Morgan fingerprint density at radius 2 is 1.76 bits per heavy atom. The number of carbonyl (C=O) groups is 3. The van der Waals surface area contributed by atoms with Crippen LogP contribution in [0.1, 0.15) is 96.8 Å². The fourth-order valence-corrected chi connectivity index (χ4v) is 6.26. The second-order valence-corrected chi connectivity index (χ2v) is 11.6. The zero-order valence-corrected chi connectivity index (χ0v) is 21.0. The van der Waals surface area contributed by atoms with Crippen LogP contribution in [0.25, 0.3) is 0 Å². The number of hydrogen-bond donors (Lipinski definition) is 3. The van der Waals surface area contributed by atoms with Gasteiger partial charge in [-0.25, -0.2) is 13.1 Å². The highest BCUT2D eigenvalue weighted by Crippen LogP contribution is 2.28. The van der Waals surface area contributed by atoms with E-state index in [2.05, 4.69) is 22.3 Å². The maximum atomic E-state index is 13.1. The summed E-state index contributed by atoms with van der Waals surface area (Å²) in [6.45, 7) is 2.72. The first-order chi connectivity index (χ1) is 15.8. The van der Waals surface area contributed by atoms with Gasteiger partial charge in [0.15, 0.2) is 0 Å². The average Bonchev–Trinajstić information content (AvgIpc) is 3.20. The third kappa shape index (κ3) is 10.5. The maximum Gasteiger partial charge on any atom is 0.238 e. The van der Waals surface area contributed by atoms with Crippen molar-refractivity contribution in [3.8, 4) is 0 Å². The molecule has 0 unspecified atom stereocenters. The molecule has 1 heterocycles. The predicted octanol–water partition coefficient (Wildman–Crippen LogP) is 2.82. The van der Waals surface area contributed by atoms with Crippen molar-refractivity contribution >= 4 is 28.1 Å². The summed E-state index contributed by atoms with van der Waals surface area (Å²) in [6.07, 6.45) is 13.2. The number of carbonyl (C=O) groups excluding carboxylic acids is 3. The molecule has 1 saturated heterocycles. The number of hydrogen-bond acceptors (Lipinski definition) is 5. The summed E-state index contributed by atoms with van der Waals surface area (Å²) in [5, 5.41) is 5.44. The monoisotopic (exact) mass is 485 g/mol. The van der Waals surface area contributed by atoms with Crippen LogP contribution in [0.4, 0.5) is 0 Å². The highest BCUT2D eigenvalue weighted by Gasteiger charge is 2.32. The minimum Gasteiger partial charge on any atom is -0.356 e. The number of amides is 2. The Morgan fingerprint density at radius 1 is 1.06 bits per heavy atom. The first-order valence-corrected chi connectivity index (χ1v) is 14.5. The first-order valence-electron chi connectivity index (χ1n) is 12.9. The van der Waals surface area contributed by atoms with E-state index in [0.29, 0.717) is 38.0 Å². The van der Waals surface area contributed by atoms with Gasteiger partial charge in [0.1, 0.15) is 12.3 Å². The van der Waals surface area contributed by atoms with Crippen molar-refractivity contribution in [2.24, 2.45) is 11.8 Å². The standard InChI is InChI=1S/C24H43N3O5S/c1-2-3-4-5-6-10-15-33(31,32)27-22(16-19-11-8-7-9-12-19)24(30)26-21(18-28)17-20-13-14-25-23(20)29/h18-22,27H,2-17H2,1H3,(H,25,29)(H,26,30)/t20-,21-,22-/m0/s1. The van der Waals surface area contributed by atoms with E-state index in [-0.39, 0.29) is 24.0 Å². The lowest BCUT2D eigenvalue weighted by atomic mass is 9.85. The normalized spacial score (nSPS) is 21.4. The lowest BCUT2D eigenvalue weighted by molar-refractivity contribution is -0.127. The largest absolute Gasteiger partial charge is 0.356 e. The second kappa shape index (κ2) is 14.7. The van der Waals surface area contributed by atoms with Crippen molar-refractivity contribution in [3.05, 3.63) is 0 Å². The van der Waals surface area contributed by atoms with E-state index in [1.54, 1.807) is 0 Å². The number of unbranched alkanes of at least 4 members (excludes halogenated alkanes) is 5. The van der Waals surface area contributed by atoms with Gasteiger partial charge in [0.2, 0.25) is 21.8 Å². The minimum absolute atomic E-state index is 0.00687. The fourth-order valence-electron chi connectivity index (χ4n) is 4.92. The molecule has 1 aliphatic carbocycles. The molecule has 8 nitrogen and oxygen atoms in total. The Morgan fingerprint density at radius 3 is 2.39 bits per heavy atom. The summed E-state index contributed by atoms with van der Waals surface area (Å²) in [4.78, 5) is 36.5. The zero-order valence-electron chi connectivity index (χ0n) is 20.1. The molecule has 2 aliphatic rings. The van der Waals surface area contributed by atoms with Gasteiger partial charge in [-0.3, -0.25) is 9.59 Å². The smallest absolute Gasteiger partial charge is 0.238 e. The van der Waals surface area contributed by atoms with Gasteiger partial charge in [-0.2, -0.15) is 0 Å². The molecular weight excluding hydrogens is 442 g/mol. The molecule has 1 aliphatic heterocycles. The summed E-state index contributed by atoms with van der Waals surface area (Å²) in [5.74, 6) is -0.576. The average molecular weight is 486 g/mol. The van der Waals surface area contributed by atoms with Crippen LogP contribution >= 0.6 is 0 Å². The predicted molar refractivity (Wildman–Crippen MR) is 129 cm³/mol. The molecule has 190 valence electrons. The SMILES string of the molecule is CCCCCCCCS(=O)(=O)N[C@@H](CC1CCCCC1)C(=O)N[C@H](C=O)C[C@@H]1CCNC1=O. The molecular formula is C24H43N3O5S. The molecule has 1 saturated carbocycles. The van der Waals surface area contributed by atoms with E-state index in [1.165, 1.54) is 6.42 Å². The van der Waals surface area contributed by atoms with E-state index >= 15 is 0 Å². The molecule has 0 aromatic carbocycles. The molecule has 3 atom stereocenters. The number of aldehydes is 1. The maximum absolute atomic E-state index is 13.1. The van der Waals surface area contributed by atoms with Gasteiger partial charge in [-0.05, 0) is 31.6 Å². The third-order valence-corrected chi connectivity index (χ3v) is 8.36. The van der Waals surface area contributed by atoms with E-state index < -0.39 is 28.0 Å². The Bertz CT molecular complexity index is 722. The third-order valence-electron chi connectivity index (χ3n) is 6.89. The van der Waals surface area contributed by atoms with Crippen LogP contribution in [0.5, 0.6) is 0 Å². The number of rotatable bonds is 16. The van der Waals surface area contributed by atoms with E-state index in [9.17, 15) is 22.8 Å². The molecule has 0 spiro atoms.